The normalized spacial score (nSPS) is 25.7. The molecule has 1 aliphatic heterocycles. The van der Waals surface area contributed by atoms with Crippen molar-refractivity contribution in [1.82, 2.24) is 10.5 Å². The van der Waals surface area contributed by atoms with Gasteiger partial charge in [0.25, 0.3) is 5.91 Å². The number of amides is 1. The summed E-state index contributed by atoms with van der Waals surface area (Å²) in [6, 6.07) is 0.281. The van der Waals surface area contributed by atoms with Gasteiger partial charge in [0.2, 0.25) is 0 Å². The van der Waals surface area contributed by atoms with Crippen LogP contribution in [0.1, 0.15) is 41.8 Å². The number of nitrogens with one attached hydrogen (secondary N) is 1. The maximum atomic E-state index is 12.1. The Morgan fingerprint density at radius 3 is 2.78 bits per heavy atom. The van der Waals surface area contributed by atoms with E-state index in [0.29, 0.717) is 11.3 Å². The van der Waals surface area contributed by atoms with E-state index in [0.717, 1.165) is 32.5 Å². The molecule has 1 saturated carbocycles. The Morgan fingerprint density at radius 1 is 1.44 bits per heavy atom. The summed E-state index contributed by atoms with van der Waals surface area (Å²) in [5.41, 5.74) is 0.822. The minimum absolute atomic E-state index is 0.0654. The van der Waals surface area contributed by atoms with Crippen molar-refractivity contribution >= 4 is 5.91 Å². The molecule has 1 saturated heterocycles. The predicted octanol–water partition coefficient (Wildman–Crippen LogP) is 1.67. The third kappa shape index (κ3) is 1.82. The molecule has 1 aliphatic carbocycles. The highest BCUT2D eigenvalue weighted by Gasteiger charge is 2.48. The maximum absolute atomic E-state index is 12.1. The van der Waals surface area contributed by atoms with Gasteiger partial charge in [-0.25, -0.2) is 0 Å². The number of aryl methyl sites for hydroxylation is 1. The van der Waals surface area contributed by atoms with Crippen LogP contribution in [0.4, 0.5) is 0 Å². The van der Waals surface area contributed by atoms with E-state index < -0.39 is 0 Å². The molecule has 1 spiro atoms. The fraction of sp³-hybridized carbons (Fsp3) is 0.692. The third-order valence-electron chi connectivity index (χ3n) is 4.46. The number of aromatic nitrogens is 1. The lowest BCUT2D eigenvalue weighted by atomic mass is 9.60. The molecule has 1 aromatic heterocycles. The number of carbonyl (C=O) groups is 1. The summed E-state index contributed by atoms with van der Waals surface area (Å²) >= 11 is 0. The number of carbonyl (C=O) groups excluding carboxylic acids is 1. The molecule has 2 fully saturated rings. The first-order valence-corrected chi connectivity index (χ1v) is 6.51. The number of hydrogen-bond donors (Lipinski definition) is 1. The molecule has 1 amide bonds. The molecule has 1 aromatic rings. The highest BCUT2D eigenvalue weighted by molar-refractivity contribution is 5.95. The molecule has 5 nitrogen and oxygen atoms in total. The first-order valence-electron chi connectivity index (χ1n) is 6.51. The summed E-state index contributed by atoms with van der Waals surface area (Å²) in [4.78, 5) is 12.1. The summed E-state index contributed by atoms with van der Waals surface area (Å²) < 4.78 is 10.3. The van der Waals surface area contributed by atoms with Gasteiger partial charge in [0.1, 0.15) is 11.3 Å². The summed E-state index contributed by atoms with van der Waals surface area (Å²) in [7, 11) is 0. The van der Waals surface area contributed by atoms with Crippen LogP contribution in [0.15, 0.2) is 10.7 Å². The topological polar surface area (TPSA) is 64.4 Å². The molecule has 18 heavy (non-hydrogen) atoms. The third-order valence-corrected chi connectivity index (χ3v) is 4.46. The average Bonchev–Trinajstić information content (AvgIpc) is 2.82. The Labute approximate surface area is 106 Å². The fourth-order valence-corrected chi connectivity index (χ4v) is 3.05. The second kappa shape index (κ2) is 4.39. The Kier molecular flexibility index (Phi) is 2.86. The lowest BCUT2D eigenvalue weighted by molar-refractivity contribution is -0.0523. The van der Waals surface area contributed by atoms with Crippen molar-refractivity contribution in [2.24, 2.45) is 5.41 Å². The van der Waals surface area contributed by atoms with E-state index in [1.165, 1.54) is 12.6 Å². The quantitative estimate of drug-likeness (QED) is 0.867. The van der Waals surface area contributed by atoms with Crippen LogP contribution in [0, 0.1) is 12.3 Å². The highest BCUT2D eigenvalue weighted by Crippen LogP contribution is 2.48. The number of ether oxygens (including phenoxy) is 1. The van der Waals surface area contributed by atoms with E-state index in [1.54, 1.807) is 6.92 Å². The molecule has 1 N–H and O–H groups in total. The number of hydrogen-bond acceptors (Lipinski definition) is 4. The van der Waals surface area contributed by atoms with Gasteiger partial charge >= 0.3 is 0 Å². The lowest BCUT2D eigenvalue weighted by Gasteiger charge is -2.52. The zero-order valence-electron chi connectivity index (χ0n) is 10.6. The summed E-state index contributed by atoms with van der Waals surface area (Å²) in [6.45, 7) is 3.39. The lowest BCUT2D eigenvalue weighted by Crippen LogP contribution is -2.57. The second-order valence-electron chi connectivity index (χ2n) is 5.34. The molecule has 0 aromatic carbocycles. The zero-order valence-corrected chi connectivity index (χ0v) is 10.6. The van der Waals surface area contributed by atoms with E-state index >= 15 is 0 Å². The largest absolute Gasteiger partial charge is 0.381 e. The second-order valence-corrected chi connectivity index (χ2v) is 5.34. The van der Waals surface area contributed by atoms with Gasteiger partial charge in [-0.2, -0.15) is 0 Å². The van der Waals surface area contributed by atoms with Crippen LogP contribution in [-0.2, 0) is 4.74 Å². The van der Waals surface area contributed by atoms with Gasteiger partial charge in [0.15, 0.2) is 0 Å². The molecule has 1 unspecified atom stereocenters. The van der Waals surface area contributed by atoms with Crippen molar-refractivity contribution in [3.05, 3.63) is 17.5 Å². The van der Waals surface area contributed by atoms with E-state index in [9.17, 15) is 4.79 Å². The van der Waals surface area contributed by atoms with Crippen molar-refractivity contribution in [3.8, 4) is 0 Å². The van der Waals surface area contributed by atoms with Crippen LogP contribution in [0.5, 0.6) is 0 Å². The monoisotopic (exact) mass is 250 g/mol. The summed E-state index contributed by atoms with van der Waals surface area (Å²) in [5, 5.41) is 6.77. The molecule has 1 atom stereocenters. The highest BCUT2D eigenvalue weighted by atomic mass is 16.5. The molecule has 98 valence electrons. The molecule has 3 rings (SSSR count). The van der Waals surface area contributed by atoms with E-state index in [1.807, 2.05) is 0 Å². The van der Waals surface area contributed by atoms with E-state index in [2.05, 4.69) is 10.5 Å². The first kappa shape index (κ1) is 11.7. The molecule has 0 bridgehead atoms. The molecule has 5 heteroatoms. The molecular formula is C13H18N2O3. The summed E-state index contributed by atoms with van der Waals surface area (Å²) in [5.74, 6) is 0.511. The minimum atomic E-state index is -0.0654. The first-order chi connectivity index (χ1) is 8.71. The van der Waals surface area contributed by atoms with Gasteiger partial charge in [-0.05, 0) is 38.0 Å². The van der Waals surface area contributed by atoms with Crippen LogP contribution < -0.4 is 5.32 Å². The van der Waals surface area contributed by atoms with E-state index in [4.69, 9.17) is 9.26 Å². The van der Waals surface area contributed by atoms with Gasteiger partial charge in [0, 0.05) is 19.3 Å². The van der Waals surface area contributed by atoms with Crippen molar-refractivity contribution in [1.29, 1.82) is 0 Å². The molecule has 2 heterocycles. The predicted molar refractivity (Wildman–Crippen MR) is 64.2 cm³/mol. The minimum Gasteiger partial charge on any atom is -0.381 e. The SMILES string of the molecule is Cc1oncc1C(=O)NC1CCC12CCOCC2. The van der Waals surface area contributed by atoms with Gasteiger partial charge in [-0.15, -0.1) is 0 Å². The molecule has 0 radical (unpaired) electrons. The van der Waals surface area contributed by atoms with Crippen molar-refractivity contribution in [2.75, 3.05) is 13.2 Å². The van der Waals surface area contributed by atoms with Gasteiger partial charge in [0.05, 0.1) is 6.20 Å². The van der Waals surface area contributed by atoms with Gasteiger partial charge in [-0.1, -0.05) is 5.16 Å². The smallest absolute Gasteiger partial charge is 0.256 e. The van der Waals surface area contributed by atoms with Crippen molar-refractivity contribution in [3.63, 3.8) is 0 Å². The standard InChI is InChI=1S/C13H18N2O3/c1-9-10(8-14-18-9)12(16)15-11-2-3-13(11)4-6-17-7-5-13/h8,11H,2-7H2,1H3,(H,15,16). The van der Waals surface area contributed by atoms with Crippen LogP contribution >= 0.6 is 0 Å². The van der Waals surface area contributed by atoms with Crippen LogP contribution in [0.2, 0.25) is 0 Å². The Balaban J connectivity index is 1.66. The van der Waals surface area contributed by atoms with Crippen LogP contribution in [-0.4, -0.2) is 30.3 Å². The zero-order chi connectivity index (χ0) is 12.6. The van der Waals surface area contributed by atoms with Crippen LogP contribution in [0.3, 0.4) is 0 Å². The van der Waals surface area contributed by atoms with E-state index in [-0.39, 0.29) is 17.4 Å². The van der Waals surface area contributed by atoms with Gasteiger partial charge in [-0.3, -0.25) is 4.79 Å². The maximum Gasteiger partial charge on any atom is 0.256 e. The van der Waals surface area contributed by atoms with Crippen molar-refractivity contribution < 1.29 is 14.1 Å². The number of nitrogens with zero attached hydrogens (tertiary/aromatic N) is 1. The van der Waals surface area contributed by atoms with Crippen molar-refractivity contribution in [2.45, 2.75) is 38.6 Å². The fourth-order valence-electron chi connectivity index (χ4n) is 3.05. The number of rotatable bonds is 2. The average molecular weight is 250 g/mol. The van der Waals surface area contributed by atoms with Crippen LogP contribution in [0.25, 0.3) is 0 Å². The Morgan fingerprint density at radius 2 is 2.22 bits per heavy atom. The molecule has 2 aliphatic rings. The Hall–Kier alpha value is -1.36. The Bertz CT molecular complexity index is 449. The summed E-state index contributed by atoms with van der Waals surface area (Å²) in [6.07, 6.45) is 5.86. The van der Waals surface area contributed by atoms with Gasteiger partial charge < -0.3 is 14.6 Å². The molecular weight excluding hydrogens is 232 g/mol.